The summed E-state index contributed by atoms with van der Waals surface area (Å²) in [4.78, 5) is 9.72. The Morgan fingerprint density at radius 2 is 2.10 bits per heavy atom. The van der Waals surface area contributed by atoms with Gasteiger partial charge in [-0.1, -0.05) is 0 Å². The lowest BCUT2D eigenvalue weighted by Gasteiger charge is -2.15. The van der Waals surface area contributed by atoms with E-state index in [4.69, 9.17) is 5.26 Å². The molecule has 0 heterocycles. The minimum Gasteiger partial charge on any atom is -0.264 e. The van der Waals surface area contributed by atoms with Crippen LogP contribution in [0.2, 0.25) is 0 Å². The third kappa shape index (κ3) is 1.69. The second kappa shape index (κ2) is 2.65. The van der Waals surface area contributed by atoms with Crippen molar-refractivity contribution < 1.29 is 4.92 Å². The van der Waals surface area contributed by atoms with Crippen molar-refractivity contribution >= 4 is 0 Å². The van der Waals surface area contributed by atoms with Gasteiger partial charge in [-0.25, -0.2) is 0 Å². The van der Waals surface area contributed by atoms with Crippen LogP contribution in [-0.2, 0) is 0 Å². The molecule has 4 nitrogen and oxygen atoms in total. The number of hydrogen-bond acceptors (Lipinski definition) is 3. The minimum absolute atomic E-state index is 0.441. The molecule has 0 aliphatic carbocycles. The van der Waals surface area contributed by atoms with Gasteiger partial charge in [0, 0.05) is 11.8 Å². The second-order valence-electron chi connectivity index (χ2n) is 2.79. The fourth-order valence-corrected chi connectivity index (χ4v) is 0.357. The SMILES string of the molecule is CC([N+](=O)[O-])C(C)(C)C#N. The molecule has 0 aromatic heterocycles. The molecule has 0 fully saturated rings. The summed E-state index contributed by atoms with van der Waals surface area (Å²) < 4.78 is 0. The highest BCUT2D eigenvalue weighted by Gasteiger charge is 2.34. The zero-order chi connectivity index (χ0) is 8.36. The van der Waals surface area contributed by atoms with Crippen molar-refractivity contribution in [1.82, 2.24) is 0 Å². The second-order valence-corrected chi connectivity index (χ2v) is 2.79. The van der Waals surface area contributed by atoms with Gasteiger partial charge < -0.3 is 0 Å². The first-order valence-electron chi connectivity index (χ1n) is 2.96. The Balaban J connectivity index is 4.37. The summed E-state index contributed by atoms with van der Waals surface area (Å²) in [6.07, 6.45) is 0. The van der Waals surface area contributed by atoms with Crippen molar-refractivity contribution in [2.75, 3.05) is 0 Å². The van der Waals surface area contributed by atoms with Crippen LogP contribution in [-0.4, -0.2) is 11.0 Å². The van der Waals surface area contributed by atoms with E-state index in [2.05, 4.69) is 0 Å². The zero-order valence-corrected chi connectivity index (χ0v) is 6.29. The van der Waals surface area contributed by atoms with Crippen molar-refractivity contribution in [3.8, 4) is 6.07 Å². The Morgan fingerprint density at radius 3 is 2.20 bits per heavy atom. The molecular formula is C6H10N2O2. The number of hydrogen-bond donors (Lipinski definition) is 0. The Labute approximate surface area is 59.6 Å². The molecule has 4 heteroatoms. The van der Waals surface area contributed by atoms with Gasteiger partial charge in [0.05, 0.1) is 6.07 Å². The van der Waals surface area contributed by atoms with Gasteiger partial charge in [-0.3, -0.25) is 10.1 Å². The number of rotatable bonds is 2. The predicted octanol–water partition coefficient (Wildman–Crippen LogP) is 1.20. The molecule has 0 amide bonds. The van der Waals surface area contributed by atoms with Gasteiger partial charge in [-0.15, -0.1) is 0 Å². The monoisotopic (exact) mass is 142 g/mol. The lowest BCUT2D eigenvalue weighted by molar-refractivity contribution is -0.532. The molecule has 0 aliphatic heterocycles. The quantitative estimate of drug-likeness (QED) is 0.429. The smallest absolute Gasteiger partial charge is 0.228 e. The van der Waals surface area contributed by atoms with Crippen molar-refractivity contribution in [1.29, 1.82) is 5.26 Å². The van der Waals surface area contributed by atoms with E-state index < -0.39 is 16.4 Å². The fourth-order valence-electron chi connectivity index (χ4n) is 0.357. The summed E-state index contributed by atoms with van der Waals surface area (Å²) in [7, 11) is 0. The van der Waals surface area contributed by atoms with E-state index in [1.807, 2.05) is 6.07 Å². The molecule has 1 atom stereocenters. The van der Waals surface area contributed by atoms with Crippen molar-refractivity contribution in [2.24, 2.45) is 5.41 Å². The molecule has 0 radical (unpaired) electrons. The van der Waals surface area contributed by atoms with Gasteiger partial charge in [0.1, 0.15) is 5.41 Å². The molecule has 0 saturated heterocycles. The van der Waals surface area contributed by atoms with E-state index in [0.29, 0.717) is 0 Å². The van der Waals surface area contributed by atoms with Crippen LogP contribution < -0.4 is 0 Å². The maximum absolute atomic E-state index is 10.2. The van der Waals surface area contributed by atoms with Crippen LogP contribution in [0, 0.1) is 26.9 Å². The number of nitriles is 1. The maximum Gasteiger partial charge on any atom is 0.228 e. The van der Waals surface area contributed by atoms with E-state index in [9.17, 15) is 10.1 Å². The molecule has 1 unspecified atom stereocenters. The highest BCUT2D eigenvalue weighted by atomic mass is 16.6. The fraction of sp³-hybridized carbons (Fsp3) is 0.833. The maximum atomic E-state index is 10.2. The van der Waals surface area contributed by atoms with Crippen molar-refractivity contribution in [3.63, 3.8) is 0 Å². The first-order valence-corrected chi connectivity index (χ1v) is 2.96. The minimum atomic E-state index is -0.872. The van der Waals surface area contributed by atoms with Crippen molar-refractivity contribution in [2.45, 2.75) is 26.8 Å². The standard InChI is InChI=1S/C6H10N2O2/c1-5(8(9)10)6(2,3)4-7/h5H,1-3H3. The molecule has 0 bridgehead atoms. The van der Waals surface area contributed by atoms with Crippen LogP contribution in [0.5, 0.6) is 0 Å². The molecule has 0 N–H and O–H groups in total. The number of nitrogens with zero attached hydrogens (tertiary/aromatic N) is 2. The van der Waals surface area contributed by atoms with Crippen LogP contribution in [0.4, 0.5) is 0 Å². The molecule has 0 aliphatic rings. The van der Waals surface area contributed by atoms with Crippen molar-refractivity contribution in [3.05, 3.63) is 10.1 Å². The average Bonchev–Trinajstić information content (AvgIpc) is 1.86. The van der Waals surface area contributed by atoms with Crippen LogP contribution >= 0.6 is 0 Å². The molecule has 10 heavy (non-hydrogen) atoms. The third-order valence-electron chi connectivity index (χ3n) is 1.65. The molecular weight excluding hydrogens is 132 g/mol. The molecule has 0 saturated carbocycles. The van der Waals surface area contributed by atoms with Gasteiger partial charge >= 0.3 is 0 Å². The van der Waals surface area contributed by atoms with Crippen LogP contribution in [0.25, 0.3) is 0 Å². The molecule has 0 rings (SSSR count). The summed E-state index contributed by atoms with van der Waals surface area (Å²) >= 11 is 0. The zero-order valence-electron chi connectivity index (χ0n) is 6.29. The largest absolute Gasteiger partial charge is 0.264 e. The molecule has 56 valence electrons. The van der Waals surface area contributed by atoms with Crippen LogP contribution in [0.1, 0.15) is 20.8 Å². The van der Waals surface area contributed by atoms with Crippen LogP contribution in [0.15, 0.2) is 0 Å². The summed E-state index contributed by atoms with van der Waals surface area (Å²) in [5.74, 6) is 0. The summed E-state index contributed by atoms with van der Waals surface area (Å²) in [6.45, 7) is 4.55. The molecule has 0 aromatic carbocycles. The Morgan fingerprint density at radius 1 is 1.70 bits per heavy atom. The Hall–Kier alpha value is -1.11. The highest BCUT2D eigenvalue weighted by molar-refractivity contribution is 4.95. The number of nitro groups is 1. The lowest BCUT2D eigenvalue weighted by atomic mass is 9.88. The predicted molar refractivity (Wildman–Crippen MR) is 35.9 cm³/mol. The molecule has 0 spiro atoms. The summed E-state index contributed by atoms with van der Waals surface area (Å²) in [6, 6.07) is 1.07. The topological polar surface area (TPSA) is 66.9 Å². The lowest BCUT2D eigenvalue weighted by Crippen LogP contribution is -2.32. The van der Waals surface area contributed by atoms with Gasteiger partial charge in [0.15, 0.2) is 0 Å². The van der Waals surface area contributed by atoms with Gasteiger partial charge in [0.2, 0.25) is 6.04 Å². The Kier molecular flexibility index (Phi) is 2.36. The van der Waals surface area contributed by atoms with E-state index >= 15 is 0 Å². The van der Waals surface area contributed by atoms with E-state index in [-0.39, 0.29) is 0 Å². The normalized spacial score (nSPS) is 13.8. The van der Waals surface area contributed by atoms with E-state index in [0.717, 1.165) is 0 Å². The molecule has 0 aromatic rings. The van der Waals surface area contributed by atoms with E-state index in [1.165, 1.54) is 6.92 Å². The first kappa shape index (κ1) is 8.89. The summed E-state index contributed by atoms with van der Waals surface area (Å²) in [5.41, 5.74) is -0.872. The van der Waals surface area contributed by atoms with Crippen LogP contribution in [0.3, 0.4) is 0 Å². The van der Waals surface area contributed by atoms with E-state index in [1.54, 1.807) is 13.8 Å². The van der Waals surface area contributed by atoms with Gasteiger partial charge in [0.25, 0.3) is 0 Å². The summed E-state index contributed by atoms with van der Waals surface area (Å²) in [5, 5.41) is 18.6. The average molecular weight is 142 g/mol. The highest BCUT2D eigenvalue weighted by Crippen LogP contribution is 2.20. The van der Waals surface area contributed by atoms with Gasteiger partial charge in [-0.05, 0) is 13.8 Å². The Bertz CT molecular complexity index is 181. The third-order valence-corrected chi connectivity index (χ3v) is 1.65. The first-order chi connectivity index (χ1) is 4.41. The van der Waals surface area contributed by atoms with Gasteiger partial charge in [-0.2, -0.15) is 5.26 Å².